The molecule has 1 aliphatic heterocycles. The van der Waals surface area contributed by atoms with Gasteiger partial charge in [-0.15, -0.1) is 5.10 Å². The lowest BCUT2D eigenvalue weighted by atomic mass is 10.2. The number of oxazole rings is 1. The SMILES string of the molecule is FC1(F)CCN(Cc2nnc(Nc3nc4cc(C(F)(F)F)ccc4o3)o2)C1. The number of halogens is 5. The van der Waals surface area contributed by atoms with Crippen molar-refractivity contribution in [3.8, 4) is 0 Å². The van der Waals surface area contributed by atoms with Crippen LogP contribution < -0.4 is 5.32 Å². The summed E-state index contributed by atoms with van der Waals surface area (Å²) in [6.07, 6.45) is -4.72. The van der Waals surface area contributed by atoms with Crippen molar-refractivity contribution in [3.05, 3.63) is 29.7 Å². The molecule has 1 N–H and O–H groups in total. The number of aromatic nitrogens is 3. The zero-order valence-electron chi connectivity index (χ0n) is 13.6. The van der Waals surface area contributed by atoms with Crippen LogP contribution in [0.2, 0.25) is 0 Å². The van der Waals surface area contributed by atoms with Crippen LogP contribution in [-0.2, 0) is 12.7 Å². The maximum absolute atomic E-state index is 13.2. The predicted molar refractivity (Wildman–Crippen MR) is 81.4 cm³/mol. The molecular formula is C15H12F5N5O2. The summed E-state index contributed by atoms with van der Waals surface area (Å²) in [6, 6.07) is 2.65. The van der Waals surface area contributed by atoms with Gasteiger partial charge in [0.05, 0.1) is 18.7 Å². The summed E-state index contributed by atoms with van der Waals surface area (Å²) in [7, 11) is 0. The maximum Gasteiger partial charge on any atom is 0.416 e. The first-order valence-corrected chi connectivity index (χ1v) is 7.85. The van der Waals surface area contributed by atoms with Gasteiger partial charge in [0.2, 0.25) is 5.89 Å². The molecule has 0 radical (unpaired) electrons. The van der Waals surface area contributed by atoms with Crippen LogP contribution in [0.15, 0.2) is 27.0 Å². The van der Waals surface area contributed by atoms with E-state index in [4.69, 9.17) is 8.83 Å². The average molecular weight is 389 g/mol. The Labute approximate surface area is 148 Å². The first kappa shape index (κ1) is 17.6. The van der Waals surface area contributed by atoms with Crippen molar-refractivity contribution in [1.29, 1.82) is 0 Å². The Morgan fingerprint density at radius 1 is 1.15 bits per heavy atom. The monoisotopic (exact) mass is 389 g/mol. The topological polar surface area (TPSA) is 80.2 Å². The van der Waals surface area contributed by atoms with Crippen LogP contribution in [-0.4, -0.2) is 39.1 Å². The summed E-state index contributed by atoms with van der Waals surface area (Å²) in [5.41, 5.74) is -0.701. The molecule has 0 amide bonds. The molecule has 1 saturated heterocycles. The van der Waals surface area contributed by atoms with E-state index < -0.39 is 17.7 Å². The Morgan fingerprint density at radius 2 is 1.96 bits per heavy atom. The standard InChI is InChI=1S/C15H12F5N5O2/c16-14(17)3-4-25(7-14)6-11-23-24-13(27-11)22-12-21-9-5-8(15(18,19)20)1-2-10(9)26-12/h1-2,5H,3-4,6-7H2,(H,21,22,24). The number of nitrogens with zero attached hydrogens (tertiary/aromatic N) is 4. The van der Waals surface area contributed by atoms with Gasteiger partial charge in [-0.1, -0.05) is 5.10 Å². The van der Waals surface area contributed by atoms with Gasteiger partial charge in [-0.2, -0.15) is 18.2 Å². The highest BCUT2D eigenvalue weighted by Gasteiger charge is 2.38. The molecule has 2 aromatic heterocycles. The average Bonchev–Trinajstić information content (AvgIpc) is 3.25. The second-order valence-electron chi connectivity index (χ2n) is 6.14. The first-order chi connectivity index (χ1) is 12.7. The molecule has 0 bridgehead atoms. The van der Waals surface area contributed by atoms with Crippen LogP contribution in [0.5, 0.6) is 0 Å². The molecule has 1 aliphatic rings. The fourth-order valence-electron chi connectivity index (χ4n) is 2.75. The Balaban J connectivity index is 1.46. The molecule has 0 aliphatic carbocycles. The van der Waals surface area contributed by atoms with Crippen LogP contribution in [0.25, 0.3) is 11.1 Å². The molecule has 0 atom stereocenters. The van der Waals surface area contributed by atoms with E-state index in [0.717, 1.165) is 18.2 Å². The Bertz CT molecular complexity index is 967. The van der Waals surface area contributed by atoms with Gasteiger partial charge in [-0.05, 0) is 18.2 Å². The fourth-order valence-corrected chi connectivity index (χ4v) is 2.75. The second-order valence-corrected chi connectivity index (χ2v) is 6.14. The zero-order valence-corrected chi connectivity index (χ0v) is 13.6. The van der Waals surface area contributed by atoms with Crippen molar-refractivity contribution in [2.24, 2.45) is 0 Å². The third-order valence-electron chi connectivity index (χ3n) is 4.00. The first-order valence-electron chi connectivity index (χ1n) is 7.85. The van der Waals surface area contributed by atoms with Crippen molar-refractivity contribution in [1.82, 2.24) is 20.1 Å². The van der Waals surface area contributed by atoms with Crippen LogP contribution in [0, 0.1) is 0 Å². The lowest BCUT2D eigenvalue weighted by Gasteiger charge is -2.12. The molecule has 1 fully saturated rings. The minimum Gasteiger partial charge on any atom is -0.423 e. The normalized spacial score (nSPS) is 17.7. The molecular weight excluding hydrogens is 377 g/mol. The van der Waals surface area contributed by atoms with Gasteiger partial charge in [-0.3, -0.25) is 10.2 Å². The van der Waals surface area contributed by atoms with Crippen molar-refractivity contribution in [2.75, 3.05) is 18.4 Å². The lowest BCUT2D eigenvalue weighted by molar-refractivity contribution is -0.137. The van der Waals surface area contributed by atoms with Gasteiger partial charge in [0.1, 0.15) is 5.52 Å². The van der Waals surface area contributed by atoms with E-state index >= 15 is 0 Å². The minimum atomic E-state index is -4.49. The number of nitrogens with one attached hydrogen (secondary N) is 1. The number of benzene rings is 1. The lowest BCUT2D eigenvalue weighted by Crippen LogP contribution is -2.24. The second kappa shape index (κ2) is 6.15. The van der Waals surface area contributed by atoms with Crippen molar-refractivity contribution in [3.63, 3.8) is 0 Å². The predicted octanol–water partition coefficient (Wildman–Crippen LogP) is 3.81. The van der Waals surface area contributed by atoms with Gasteiger partial charge in [-0.25, -0.2) is 8.78 Å². The van der Waals surface area contributed by atoms with Gasteiger partial charge in [0, 0.05) is 13.0 Å². The third kappa shape index (κ3) is 3.84. The smallest absolute Gasteiger partial charge is 0.416 e. The van der Waals surface area contributed by atoms with Crippen molar-refractivity contribution >= 4 is 23.1 Å². The molecule has 1 aromatic carbocycles. The molecule has 3 heterocycles. The number of likely N-dealkylation sites (tertiary alicyclic amines) is 1. The zero-order chi connectivity index (χ0) is 19.2. The van der Waals surface area contributed by atoms with E-state index in [-0.39, 0.29) is 55.1 Å². The highest BCUT2D eigenvalue weighted by molar-refractivity contribution is 5.75. The highest BCUT2D eigenvalue weighted by atomic mass is 19.4. The van der Waals surface area contributed by atoms with Gasteiger partial charge < -0.3 is 8.83 Å². The summed E-state index contributed by atoms with van der Waals surface area (Å²) in [5, 5.41) is 9.98. The largest absolute Gasteiger partial charge is 0.423 e. The van der Waals surface area contributed by atoms with E-state index in [1.165, 1.54) is 4.90 Å². The van der Waals surface area contributed by atoms with Crippen LogP contribution in [0.4, 0.5) is 34.0 Å². The molecule has 27 heavy (non-hydrogen) atoms. The number of alkyl halides is 5. The number of fused-ring (bicyclic) bond motifs is 1. The van der Waals surface area contributed by atoms with E-state index in [2.05, 4.69) is 20.5 Å². The maximum atomic E-state index is 13.2. The van der Waals surface area contributed by atoms with Crippen molar-refractivity contribution in [2.45, 2.75) is 25.1 Å². The summed E-state index contributed by atoms with van der Waals surface area (Å²) in [4.78, 5) is 5.38. The third-order valence-corrected chi connectivity index (χ3v) is 4.00. The van der Waals surface area contributed by atoms with Crippen LogP contribution in [0.1, 0.15) is 17.9 Å². The molecule has 3 aromatic rings. The fraction of sp³-hybridized carbons (Fsp3) is 0.400. The molecule has 0 unspecified atom stereocenters. The quantitative estimate of drug-likeness (QED) is 0.680. The summed E-state index contributed by atoms with van der Waals surface area (Å²) >= 11 is 0. The molecule has 12 heteroatoms. The van der Waals surface area contributed by atoms with Crippen LogP contribution in [0.3, 0.4) is 0 Å². The van der Waals surface area contributed by atoms with Crippen LogP contribution >= 0.6 is 0 Å². The summed E-state index contributed by atoms with van der Waals surface area (Å²) < 4.78 is 75.1. The minimum absolute atomic E-state index is 0.00589. The van der Waals surface area contributed by atoms with E-state index in [9.17, 15) is 22.0 Å². The molecule has 0 saturated carbocycles. The van der Waals surface area contributed by atoms with Gasteiger partial charge in [0.25, 0.3) is 5.92 Å². The Kier molecular flexibility index (Phi) is 4.02. The highest BCUT2D eigenvalue weighted by Crippen LogP contribution is 2.32. The summed E-state index contributed by atoms with van der Waals surface area (Å²) in [5.74, 6) is -2.61. The number of rotatable bonds is 4. The number of hydrogen-bond donors (Lipinski definition) is 1. The van der Waals surface area contributed by atoms with Gasteiger partial charge in [0.15, 0.2) is 5.58 Å². The Hall–Kier alpha value is -2.76. The van der Waals surface area contributed by atoms with Gasteiger partial charge >= 0.3 is 18.2 Å². The van der Waals surface area contributed by atoms with E-state index in [0.29, 0.717) is 0 Å². The summed E-state index contributed by atoms with van der Waals surface area (Å²) in [6.45, 7) is -0.109. The Morgan fingerprint density at radius 3 is 2.67 bits per heavy atom. The number of hydrogen-bond acceptors (Lipinski definition) is 7. The number of anilines is 2. The van der Waals surface area contributed by atoms with E-state index in [1.54, 1.807) is 0 Å². The molecule has 144 valence electrons. The molecule has 4 rings (SSSR count). The molecule has 0 spiro atoms. The molecule has 7 nitrogen and oxygen atoms in total. The van der Waals surface area contributed by atoms with E-state index in [1.807, 2.05) is 0 Å². The van der Waals surface area contributed by atoms with Crippen molar-refractivity contribution < 1.29 is 30.8 Å².